The van der Waals surface area contributed by atoms with Crippen LogP contribution in [-0.2, 0) is 14.4 Å². The first-order valence-electron chi connectivity index (χ1n) is 10.7. The highest BCUT2D eigenvalue weighted by molar-refractivity contribution is 6.06. The number of nitrogens with one attached hydrogen (secondary N) is 1. The van der Waals surface area contributed by atoms with E-state index in [9.17, 15) is 14.4 Å². The molecular weight excluding hydrogens is 370 g/mol. The third kappa shape index (κ3) is 3.02. The Hall–Kier alpha value is -2.44. The lowest BCUT2D eigenvalue weighted by Gasteiger charge is -2.33. The number of amides is 3. The first kappa shape index (κ1) is 18.6. The second-order valence-corrected chi connectivity index (χ2v) is 9.02. The number of carbonyl (C=O) groups excluding carboxylic acids is 3. The Labute approximate surface area is 170 Å². The molecule has 1 N–H and O–H groups in total. The van der Waals surface area contributed by atoms with Crippen LogP contribution in [0, 0.1) is 29.6 Å². The van der Waals surface area contributed by atoms with Crippen LogP contribution >= 0.6 is 0 Å². The Morgan fingerprint density at radius 2 is 1.69 bits per heavy atom. The van der Waals surface area contributed by atoms with E-state index in [2.05, 4.69) is 10.3 Å². The molecule has 1 aromatic heterocycles. The first-order chi connectivity index (χ1) is 14.1. The summed E-state index contributed by atoms with van der Waals surface area (Å²) in [7, 11) is 1.55. The summed E-state index contributed by atoms with van der Waals surface area (Å²) in [6.45, 7) is 0. The summed E-state index contributed by atoms with van der Waals surface area (Å²) >= 11 is 0. The van der Waals surface area contributed by atoms with Gasteiger partial charge in [-0.25, -0.2) is 4.98 Å². The van der Waals surface area contributed by atoms with E-state index in [-0.39, 0.29) is 41.5 Å². The van der Waals surface area contributed by atoms with E-state index in [1.165, 1.54) is 0 Å². The number of imide groups is 1. The number of ether oxygens (including phenoxy) is 1. The average molecular weight is 397 g/mol. The minimum atomic E-state index is -0.100. The van der Waals surface area contributed by atoms with Crippen LogP contribution in [-0.4, -0.2) is 40.8 Å². The van der Waals surface area contributed by atoms with Gasteiger partial charge in [0.15, 0.2) is 0 Å². The molecule has 1 saturated heterocycles. The summed E-state index contributed by atoms with van der Waals surface area (Å²) in [5.41, 5.74) is 0.645. The summed E-state index contributed by atoms with van der Waals surface area (Å²) in [6.07, 6.45) is 7.66. The van der Waals surface area contributed by atoms with Gasteiger partial charge in [-0.15, -0.1) is 0 Å². The van der Waals surface area contributed by atoms with Crippen LogP contribution in [0.5, 0.6) is 5.88 Å². The molecular formula is C22H27N3O4. The highest BCUT2D eigenvalue weighted by atomic mass is 16.5. The molecule has 4 aliphatic rings. The summed E-state index contributed by atoms with van der Waals surface area (Å²) in [6, 6.07) is 3.44. The Morgan fingerprint density at radius 3 is 2.24 bits per heavy atom. The maximum Gasteiger partial charge on any atom is 0.233 e. The van der Waals surface area contributed by atoms with Crippen LogP contribution in [0.15, 0.2) is 18.3 Å². The van der Waals surface area contributed by atoms with Gasteiger partial charge in [-0.05, 0) is 62.8 Å². The Kier molecular flexibility index (Phi) is 4.56. The zero-order valence-corrected chi connectivity index (χ0v) is 16.7. The van der Waals surface area contributed by atoms with Crippen molar-refractivity contribution >= 4 is 23.4 Å². The van der Waals surface area contributed by atoms with Gasteiger partial charge < -0.3 is 10.1 Å². The van der Waals surface area contributed by atoms with Crippen LogP contribution in [0.25, 0.3) is 0 Å². The summed E-state index contributed by atoms with van der Waals surface area (Å²) in [4.78, 5) is 44.3. The molecule has 0 unspecified atom stereocenters. The number of pyridine rings is 1. The van der Waals surface area contributed by atoms with Crippen LogP contribution in [0.4, 0.5) is 5.69 Å². The lowest BCUT2D eigenvalue weighted by Crippen LogP contribution is -2.44. The Morgan fingerprint density at radius 1 is 1.03 bits per heavy atom. The van der Waals surface area contributed by atoms with Gasteiger partial charge in [0.2, 0.25) is 23.6 Å². The number of methoxy groups -OCH3 is 1. The van der Waals surface area contributed by atoms with Crippen LogP contribution < -0.4 is 10.1 Å². The van der Waals surface area contributed by atoms with Crippen LogP contribution in [0.1, 0.15) is 44.9 Å². The van der Waals surface area contributed by atoms with Crippen LogP contribution in [0.3, 0.4) is 0 Å². The molecule has 3 saturated carbocycles. The molecule has 0 radical (unpaired) electrons. The maximum atomic E-state index is 13.0. The smallest absolute Gasteiger partial charge is 0.233 e. The van der Waals surface area contributed by atoms with E-state index in [1.807, 2.05) is 0 Å². The largest absolute Gasteiger partial charge is 0.481 e. The Bertz CT molecular complexity index is 803. The van der Waals surface area contributed by atoms with Gasteiger partial charge in [0.05, 0.1) is 30.8 Å². The molecule has 1 aliphatic heterocycles. The fourth-order valence-corrected chi connectivity index (χ4v) is 6.21. The van der Waals surface area contributed by atoms with E-state index in [1.54, 1.807) is 30.3 Å². The van der Waals surface area contributed by atoms with Gasteiger partial charge in [-0.2, -0.15) is 0 Å². The van der Waals surface area contributed by atoms with Crippen molar-refractivity contribution in [1.29, 1.82) is 0 Å². The number of rotatable bonds is 4. The van der Waals surface area contributed by atoms with Crippen molar-refractivity contribution in [2.24, 2.45) is 29.6 Å². The van der Waals surface area contributed by atoms with Gasteiger partial charge in [0.1, 0.15) is 0 Å². The minimum Gasteiger partial charge on any atom is -0.481 e. The molecule has 5 rings (SSSR count). The highest BCUT2D eigenvalue weighted by Crippen LogP contribution is 2.56. The topological polar surface area (TPSA) is 88.6 Å². The molecule has 3 aliphatic carbocycles. The van der Waals surface area contributed by atoms with Crippen molar-refractivity contribution in [3.8, 4) is 5.88 Å². The SMILES string of the molecule is COc1ccc(NC(=O)C2CCC(N3C(=O)[C@@H]4[C@@H]5CC[C@@H](C5)[C@@H]4C3=O)CC2)cn1. The molecule has 2 bridgehead atoms. The van der Waals surface area contributed by atoms with Gasteiger partial charge in [-0.1, -0.05) is 0 Å². The van der Waals surface area contributed by atoms with Crippen LogP contribution in [0.2, 0.25) is 0 Å². The van der Waals surface area contributed by atoms with E-state index in [4.69, 9.17) is 4.74 Å². The zero-order chi connectivity index (χ0) is 20.1. The van der Waals surface area contributed by atoms with E-state index < -0.39 is 0 Å². The summed E-state index contributed by atoms with van der Waals surface area (Å²) in [5, 5.41) is 2.91. The number of fused-ring (bicyclic) bond motifs is 5. The number of anilines is 1. The maximum absolute atomic E-state index is 13.0. The number of nitrogens with zero attached hydrogens (tertiary/aromatic N) is 2. The standard InChI is InChI=1S/C22H27N3O4/c1-29-17-9-6-15(11-23-17)24-20(26)12-4-7-16(8-5-12)25-21(27)18-13-2-3-14(10-13)19(18)22(25)28/h6,9,11-14,16,18-19H,2-5,7-8,10H2,1H3,(H,24,26)/t12?,13-,14+,16?,18-,19+. The molecule has 4 atom stereocenters. The van der Waals surface area contributed by atoms with E-state index >= 15 is 0 Å². The number of hydrogen-bond acceptors (Lipinski definition) is 5. The monoisotopic (exact) mass is 397 g/mol. The third-order valence-electron chi connectivity index (χ3n) is 7.61. The molecule has 29 heavy (non-hydrogen) atoms. The van der Waals surface area contributed by atoms with Gasteiger partial charge in [0, 0.05) is 18.0 Å². The fraction of sp³-hybridized carbons (Fsp3) is 0.636. The number of likely N-dealkylation sites (tertiary alicyclic amines) is 1. The summed E-state index contributed by atoms with van der Waals surface area (Å²) < 4.78 is 5.03. The van der Waals surface area contributed by atoms with Gasteiger partial charge in [-0.3, -0.25) is 19.3 Å². The Balaban J connectivity index is 1.19. The molecule has 0 spiro atoms. The minimum absolute atomic E-state index is 0.0237. The van der Waals surface area contributed by atoms with Crippen molar-refractivity contribution in [2.45, 2.75) is 51.0 Å². The van der Waals surface area contributed by atoms with Crippen molar-refractivity contribution in [3.63, 3.8) is 0 Å². The molecule has 4 fully saturated rings. The van der Waals surface area contributed by atoms with Crippen molar-refractivity contribution in [3.05, 3.63) is 18.3 Å². The van der Waals surface area contributed by atoms with E-state index in [0.29, 0.717) is 49.1 Å². The second-order valence-electron chi connectivity index (χ2n) is 9.02. The number of aromatic nitrogens is 1. The second kappa shape index (κ2) is 7.11. The lowest BCUT2D eigenvalue weighted by atomic mass is 9.81. The molecule has 2 heterocycles. The predicted octanol–water partition coefficient (Wildman–Crippen LogP) is 2.62. The van der Waals surface area contributed by atoms with E-state index in [0.717, 1.165) is 19.3 Å². The first-order valence-corrected chi connectivity index (χ1v) is 10.7. The molecule has 0 aromatic carbocycles. The zero-order valence-electron chi connectivity index (χ0n) is 16.7. The molecule has 7 heteroatoms. The van der Waals surface area contributed by atoms with Crippen molar-refractivity contribution in [1.82, 2.24) is 9.88 Å². The highest BCUT2D eigenvalue weighted by Gasteiger charge is 2.61. The molecule has 1 aromatic rings. The van der Waals surface area contributed by atoms with Crippen molar-refractivity contribution in [2.75, 3.05) is 12.4 Å². The molecule has 3 amide bonds. The third-order valence-corrected chi connectivity index (χ3v) is 7.61. The normalized spacial score (nSPS) is 35.7. The summed E-state index contributed by atoms with van der Waals surface area (Å²) in [5.74, 6) is 1.27. The van der Waals surface area contributed by atoms with Gasteiger partial charge in [0.25, 0.3) is 0 Å². The lowest BCUT2D eigenvalue weighted by molar-refractivity contribution is -0.144. The number of carbonyl (C=O) groups is 3. The fourth-order valence-electron chi connectivity index (χ4n) is 6.21. The molecule has 7 nitrogen and oxygen atoms in total. The molecule has 154 valence electrons. The quantitative estimate of drug-likeness (QED) is 0.789. The van der Waals surface area contributed by atoms with Crippen molar-refractivity contribution < 1.29 is 19.1 Å². The predicted molar refractivity (Wildman–Crippen MR) is 105 cm³/mol. The van der Waals surface area contributed by atoms with Gasteiger partial charge >= 0.3 is 0 Å². The average Bonchev–Trinajstić information content (AvgIpc) is 3.42. The number of hydrogen-bond donors (Lipinski definition) is 1.